The molecule has 43 heavy (non-hydrogen) atoms. The van der Waals surface area contributed by atoms with Gasteiger partial charge >= 0.3 is 24.0 Å². The molecule has 0 fully saturated rings. The number of nitrogens with one attached hydrogen (secondary N) is 1. The number of carboxylic acid groups (broad SMARTS) is 1. The number of aromatic nitrogens is 5. The van der Waals surface area contributed by atoms with Crippen LogP contribution in [0.3, 0.4) is 0 Å². The number of hydrogen-bond acceptors (Lipinski definition) is 9. The van der Waals surface area contributed by atoms with Crippen molar-refractivity contribution in [2.75, 3.05) is 18.1 Å². The molecule has 0 unspecified atom stereocenters. The molecule has 0 aliphatic rings. The number of hydrogen-bond donors (Lipinski definition) is 2. The van der Waals surface area contributed by atoms with Crippen LogP contribution in [0.25, 0.3) is 28.0 Å². The van der Waals surface area contributed by atoms with Gasteiger partial charge in [-0.3, -0.25) is 4.98 Å². The third-order valence-corrected chi connectivity index (χ3v) is 5.95. The van der Waals surface area contributed by atoms with E-state index >= 15 is 0 Å². The van der Waals surface area contributed by atoms with Crippen molar-refractivity contribution in [1.29, 1.82) is 0 Å². The molecule has 2 N–H and O–H groups in total. The van der Waals surface area contributed by atoms with E-state index < -0.39 is 35.5 Å². The maximum Gasteiger partial charge on any atom is 0.427 e. The van der Waals surface area contributed by atoms with Gasteiger partial charge in [0.15, 0.2) is 5.65 Å². The van der Waals surface area contributed by atoms with Gasteiger partial charge in [-0.2, -0.15) is 0 Å². The number of pyridine rings is 1. The van der Waals surface area contributed by atoms with Gasteiger partial charge in [0.1, 0.15) is 12.2 Å². The zero-order chi connectivity index (χ0) is 31.5. The lowest BCUT2D eigenvalue weighted by Crippen LogP contribution is -2.43. The van der Waals surface area contributed by atoms with Gasteiger partial charge in [-0.1, -0.05) is 30.3 Å². The van der Waals surface area contributed by atoms with Gasteiger partial charge in [0.2, 0.25) is 5.95 Å². The van der Waals surface area contributed by atoms with Crippen LogP contribution in [-0.2, 0) is 16.0 Å². The minimum Gasteiger partial charge on any atom is -0.464 e. The van der Waals surface area contributed by atoms with Crippen molar-refractivity contribution in [2.45, 2.75) is 53.7 Å². The summed E-state index contributed by atoms with van der Waals surface area (Å²) in [4.78, 5) is 60.8. The van der Waals surface area contributed by atoms with Gasteiger partial charge in [0.05, 0.1) is 17.8 Å². The Morgan fingerprint density at radius 3 is 2.26 bits per heavy atom. The van der Waals surface area contributed by atoms with Gasteiger partial charge in [-0.15, -0.1) is 10.00 Å². The summed E-state index contributed by atoms with van der Waals surface area (Å²) in [5.74, 6) is -0.539. The summed E-state index contributed by atoms with van der Waals surface area (Å²) in [5, 5.41) is 17.2. The maximum absolute atomic E-state index is 13.8. The topological polar surface area (TPSA) is 170 Å². The van der Waals surface area contributed by atoms with Gasteiger partial charge in [0, 0.05) is 23.5 Å². The SMILES string of the molecule is CCNC(=O)OCCn1nc2c(-c3cc(C)nc(C)c3)c(-c3ccccc3)nc(N(C(=O)O)C(=O)OC(C)(C)C)n2c1=O. The zero-order valence-electron chi connectivity index (χ0n) is 24.7. The predicted octanol–water partition coefficient (Wildman–Crippen LogP) is 4.40. The van der Waals surface area contributed by atoms with Gasteiger partial charge < -0.3 is 19.9 Å². The number of fused-ring (bicyclic) bond motifs is 1. The molecule has 1 aromatic carbocycles. The third-order valence-electron chi connectivity index (χ3n) is 5.95. The number of carbonyl (C=O) groups is 3. The monoisotopic (exact) mass is 591 g/mol. The quantitative estimate of drug-likeness (QED) is 0.314. The molecule has 0 radical (unpaired) electrons. The first-order valence-electron chi connectivity index (χ1n) is 13.5. The van der Waals surface area contributed by atoms with Crippen LogP contribution in [0.2, 0.25) is 0 Å². The average Bonchev–Trinajstić information content (AvgIpc) is 3.23. The Bertz CT molecular complexity index is 1720. The summed E-state index contributed by atoms with van der Waals surface area (Å²) in [6, 6.07) is 12.5. The van der Waals surface area contributed by atoms with E-state index in [1.165, 1.54) is 0 Å². The first-order chi connectivity index (χ1) is 20.3. The van der Waals surface area contributed by atoms with E-state index in [0.717, 1.165) is 9.08 Å². The standard InChI is InChI=1S/C29H33N7O7/c1-7-30-25(37)42-14-13-34-26(38)35-23(33-34)21(20-15-17(2)31-18(3)16-20)22(19-11-9-8-10-12-19)32-24(35)36(27(39)40)28(41)43-29(4,5)6/h8-12,15-16H,7,13-14H2,1-6H3,(H,30,37)(H,39,40). The second-order valence-corrected chi connectivity index (χ2v) is 10.6. The van der Waals surface area contributed by atoms with Gasteiger partial charge in [-0.05, 0) is 59.2 Å². The average molecular weight is 592 g/mol. The van der Waals surface area contributed by atoms with Crippen molar-refractivity contribution < 1.29 is 29.0 Å². The molecule has 0 saturated carbocycles. The van der Waals surface area contributed by atoms with E-state index in [1.54, 1.807) is 64.1 Å². The number of rotatable bonds is 7. The third kappa shape index (κ3) is 6.80. The van der Waals surface area contributed by atoms with E-state index in [1.807, 2.05) is 19.9 Å². The molecule has 3 amide bonds. The normalized spacial score (nSPS) is 11.3. The maximum atomic E-state index is 13.8. The van der Waals surface area contributed by atoms with E-state index in [0.29, 0.717) is 34.6 Å². The Balaban J connectivity index is 2.07. The minimum atomic E-state index is -1.72. The van der Waals surface area contributed by atoms with Crippen LogP contribution >= 0.6 is 0 Å². The highest BCUT2D eigenvalue weighted by atomic mass is 16.6. The van der Waals surface area contributed by atoms with E-state index in [4.69, 9.17) is 9.47 Å². The second-order valence-electron chi connectivity index (χ2n) is 10.6. The summed E-state index contributed by atoms with van der Waals surface area (Å²) in [5.41, 5.74) is 1.39. The summed E-state index contributed by atoms with van der Waals surface area (Å²) < 4.78 is 12.5. The molecule has 3 aromatic heterocycles. The van der Waals surface area contributed by atoms with Crippen LogP contribution in [0.1, 0.15) is 39.1 Å². The fourth-order valence-corrected chi connectivity index (χ4v) is 4.38. The highest BCUT2D eigenvalue weighted by Gasteiger charge is 2.35. The summed E-state index contributed by atoms with van der Waals surface area (Å²) >= 11 is 0. The molecule has 0 atom stereocenters. The van der Waals surface area contributed by atoms with Crippen LogP contribution in [0, 0.1) is 13.8 Å². The molecule has 14 heteroatoms. The Morgan fingerprint density at radius 1 is 1.02 bits per heavy atom. The first kappa shape index (κ1) is 30.7. The smallest absolute Gasteiger partial charge is 0.427 e. The zero-order valence-corrected chi connectivity index (χ0v) is 24.7. The van der Waals surface area contributed by atoms with Crippen molar-refractivity contribution >= 4 is 29.9 Å². The molecule has 0 spiro atoms. The molecule has 0 aliphatic carbocycles. The molecule has 0 aliphatic heterocycles. The number of nitrogens with zero attached hydrogens (tertiary/aromatic N) is 6. The molecule has 3 heterocycles. The Kier molecular flexibility index (Phi) is 8.78. The van der Waals surface area contributed by atoms with Crippen molar-refractivity contribution in [3.8, 4) is 22.4 Å². The second kappa shape index (κ2) is 12.3. The van der Waals surface area contributed by atoms with Crippen molar-refractivity contribution in [3.05, 3.63) is 64.3 Å². The van der Waals surface area contributed by atoms with E-state index in [-0.39, 0.29) is 29.4 Å². The fourth-order valence-electron chi connectivity index (χ4n) is 4.38. The molecule has 4 aromatic rings. The van der Waals surface area contributed by atoms with E-state index in [2.05, 4.69) is 20.4 Å². The van der Waals surface area contributed by atoms with Crippen LogP contribution in [0.5, 0.6) is 0 Å². The lowest BCUT2D eigenvalue weighted by Gasteiger charge is -2.24. The number of benzene rings is 1. The van der Waals surface area contributed by atoms with E-state index in [9.17, 15) is 24.3 Å². The van der Waals surface area contributed by atoms with Crippen molar-refractivity contribution in [3.63, 3.8) is 0 Å². The molecule has 0 bridgehead atoms. The highest BCUT2D eigenvalue weighted by Crippen LogP contribution is 2.36. The van der Waals surface area contributed by atoms with Crippen LogP contribution in [-0.4, -0.2) is 66.3 Å². The molecular weight excluding hydrogens is 558 g/mol. The predicted molar refractivity (Wildman–Crippen MR) is 157 cm³/mol. The lowest BCUT2D eigenvalue weighted by atomic mass is 9.99. The molecule has 4 rings (SSSR count). The van der Waals surface area contributed by atoms with Crippen LogP contribution in [0.4, 0.5) is 20.3 Å². The van der Waals surface area contributed by atoms with Crippen LogP contribution < -0.4 is 15.9 Å². The number of anilines is 1. The highest BCUT2D eigenvalue weighted by molar-refractivity contribution is 6.08. The largest absolute Gasteiger partial charge is 0.464 e. The first-order valence-corrected chi connectivity index (χ1v) is 13.5. The van der Waals surface area contributed by atoms with Crippen LogP contribution in [0.15, 0.2) is 47.3 Å². The fraction of sp³-hybridized carbons (Fsp3) is 0.345. The number of amides is 3. The van der Waals surface area contributed by atoms with Crippen molar-refractivity contribution in [2.24, 2.45) is 0 Å². The van der Waals surface area contributed by atoms with Gasteiger partial charge in [-0.25, -0.2) is 33.2 Å². The molecule has 226 valence electrons. The number of ether oxygens (including phenoxy) is 2. The molecule has 0 saturated heterocycles. The summed E-state index contributed by atoms with van der Waals surface area (Å²) in [6.07, 6.45) is -3.64. The molecule has 14 nitrogen and oxygen atoms in total. The Morgan fingerprint density at radius 2 is 1.67 bits per heavy atom. The number of imide groups is 1. The lowest BCUT2D eigenvalue weighted by molar-refractivity contribution is 0.0579. The summed E-state index contributed by atoms with van der Waals surface area (Å²) in [7, 11) is 0. The molecular formula is C29H33N7O7. The Labute approximate surface area is 246 Å². The van der Waals surface area contributed by atoms with Gasteiger partial charge in [0.25, 0.3) is 0 Å². The Hall–Kier alpha value is -5.27. The van der Waals surface area contributed by atoms with Crippen molar-refractivity contribution in [1.82, 2.24) is 29.5 Å². The minimum absolute atomic E-state index is 0.0201. The number of carbonyl (C=O) groups excluding carboxylic acids is 2. The number of alkyl carbamates (subject to hydrolysis) is 1. The number of aryl methyl sites for hydroxylation is 2. The summed E-state index contributed by atoms with van der Waals surface area (Å²) in [6.45, 7) is 10.1.